The van der Waals surface area contributed by atoms with Crippen molar-refractivity contribution in [2.24, 2.45) is 4.99 Å². The van der Waals surface area contributed by atoms with Gasteiger partial charge in [0.05, 0.1) is 12.2 Å². The Morgan fingerprint density at radius 2 is 2.00 bits per heavy atom. The second-order valence-corrected chi connectivity index (χ2v) is 6.46. The highest BCUT2D eigenvalue weighted by molar-refractivity contribution is 8.14. The van der Waals surface area contributed by atoms with Gasteiger partial charge in [-0.3, -0.25) is 15.8 Å². The number of amidine groups is 1. The number of halogens is 4. The number of hydrazine groups is 1. The summed E-state index contributed by atoms with van der Waals surface area (Å²) in [5.74, 6) is 0.942. The van der Waals surface area contributed by atoms with Crippen LogP contribution in [0, 0.1) is 0 Å². The van der Waals surface area contributed by atoms with Gasteiger partial charge in [-0.1, -0.05) is 23.4 Å². The van der Waals surface area contributed by atoms with E-state index in [0.717, 1.165) is 17.5 Å². The first-order valence-corrected chi connectivity index (χ1v) is 7.85. The van der Waals surface area contributed by atoms with Crippen molar-refractivity contribution >= 4 is 46.0 Å². The van der Waals surface area contributed by atoms with Gasteiger partial charge in [-0.25, -0.2) is 4.39 Å². The molecule has 0 bridgehead atoms. The second kappa shape index (κ2) is 6.82. The molecule has 20 heavy (non-hydrogen) atoms. The van der Waals surface area contributed by atoms with E-state index < -0.39 is 10.9 Å². The number of nitrogens with one attached hydrogen (secondary N) is 2. The Labute approximate surface area is 127 Å². The first-order chi connectivity index (χ1) is 9.47. The van der Waals surface area contributed by atoms with Gasteiger partial charge in [0.15, 0.2) is 5.17 Å². The van der Waals surface area contributed by atoms with E-state index in [0.29, 0.717) is 5.69 Å². The number of thioether (sulfide) groups is 2. The maximum absolute atomic E-state index is 13.1. The molecular weight excluding hydrogens is 331 g/mol. The molecule has 110 valence electrons. The smallest absolute Gasteiger partial charge is 0.299 e. The van der Waals surface area contributed by atoms with Crippen molar-refractivity contribution in [3.05, 3.63) is 24.3 Å². The molecule has 0 spiro atoms. The highest BCUT2D eigenvalue weighted by Crippen LogP contribution is 2.41. The Kier molecular flexibility index (Phi) is 5.34. The lowest BCUT2D eigenvalue weighted by atomic mass is 10.3. The fraction of sp³-hybridized carbons (Fsp3) is 0.364. The van der Waals surface area contributed by atoms with Crippen LogP contribution in [0.15, 0.2) is 34.2 Å². The standard InChI is InChI=1S/C11H11ClF3N3S2/c12-9(13)11(14,15)20-8-3-1-7(2-4-8)17-18-10-16-5-6-19-10/h1-4,9,17H,5-6H2,(H,16,18). The van der Waals surface area contributed by atoms with Crippen LogP contribution < -0.4 is 10.9 Å². The van der Waals surface area contributed by atoms with Gasteiger partial charge in [-0.05, 0) is 36.0 Å². The Balaban J connectivity index is 1.89. The third-order valence-electron chi connectivity index (χ3n) is 2.26. The van der Waals surface area contributed by atoms with Crippen LogP contribution in [0.2, 0.25) is 0 Å². The molecule has 0 saturated heterocycles. The lowest BCUT2D eigenvalue weighted by molar-refractivity contribution is 0.0537. The number of nitrogens with zero attached hydrogens (tertiary/aromatic N) is 1. The molecule has 1 unspecified atom stereocenters. The van der Waals surface area contributed by atoms with E-state index in [4.69, 9.17) is 11.6 Å². The van der Waals surface area contributed by atoms with Crippen LogP contribution >= 0.6 is 35.1 Å². The molecule has 1 aromatic carbocycles. The number of benzene rings is 1. The summed E-state index contributed by atoms with van der Waals surface area (Å²) in [6.45, 7) is 0.780. The molecule has 1 aliphatic heterocycles. The van der Waals surface area contributed by atoms with Crippen LogP contribution in [-0.2, 0) is 0 Å². The maximum Gasteiger partial charge on any atom is 0.342 e. The molecule has 0 amide bonds. The topological polar surface area (TPSA) is 36.4 Å². The average molecular weight is 342 g/mol. The lowest BCUT2D eigenvalue weighted by Gasteiger charge is -2.15. The summed E-state index contributed by atoms with van der Waals surface area (Å²) in [5.41, 5.74) is 3.78. The van der Waals surface area contributed by atoms with E-state index in [-0.39, 0.29) is 16.7 Å². The third kappa shape index (κ3) is 4.39. The predicted molar refractivity (Wildman–Crippen MR) is 79.5 cm³/mol. The quantitative estimate of drug-likeness (QED) is 0.483. The fourth-order valence-corrected chi connectivity index (χ4v) is 2.84. The van der Waals surface area contributed by atoms with Gasteiger partial charge in [0.1, 0.15) is 0 Å². The van der Waals surface area contributed by atoms with Gasteiger partial charge >= 0.3 is 5.25 Å². The number of aliphatic imine (C=N–C) groups is 1. The molecule has 1 aliphatic rings. The number of rotatable bonds is 5. The van der Waals surface area contributed by atoms with Gasteiger partial charge in [0.25, 0.3) is 0 Å². The third-order valence-corrected chi connectivity index (χ3v) is 4.54. The molecule has 0 saturated carbocycles. The Bertz CT molecular complexity index is 482. The molecule has 0 radical (unpaired) electrons. The molecule has 2 N–H and O–H groups in total. The maximum atomic E-state index is 13.1. The van der Waals surface area contributed by atoms with E-state index in [1.54, 1.807) is 23.9 Å². The summed E-state index contributed by atoms with van der Waals surface area (Å²) in [7, 11) is 0. The van der Waals surface area contributed by atoms with Crippen molar-refractivity contribution in [3.8, 4) is 0 Å². The number of hydrogen-bond donors (Lipinski definition) is 2. The first-order valence-electron chi connectivity index (χ1n) is 5.62. The van der Waals surface area contributed by atoms with Crippen LogP contribution in [0.5, 0.6) is 0 Å². The van der Waals surface area contributed by atoms with Crippen molar-refractivity contribution in [1.82, 2.24) is 5.43 Å². The van der Waals surface area contributed by atoms with Crippen LogP contribution in [0.4, 0.5) is 18.9 Å². The second-order valence-electron chi connectivity index (χ2n) is 3.77. The molecule has 1 heterocycles. The number of anilines is 1. The molecule has 1 aromatic rings. The molecule has 1 atom stereocenters. The van der Waals surface area contributed by atoms with Gasteiger partial charge < -0.3 is 0 Å². The van der Waals surface area contributed by atoms with E-state index in [2.05, 4.69) is 15.8 Å². The fourth-order valence-electron chi connectivity index (χ4n) is 1.34. The van der Waals surface area contributed by atoms with Crippen LogP contribution in [0.25, 0.3) is 0 Å². The monoisotopic (exact) mass is 341 g/mol. The first kappa shape index (κ1) is 15.7. The van der Waals surface area contributed by atoms with Crippen LogP contribution in [-0.4, -0.2) is 28.4 Å². The molecule has 9 heteroatoms. The summed E-state index contributed by atoms with van der Waals surface area (Å²) in [4.78, 5) is 4.42. The van der Waals surface area contributed by atoms with Crippen molar-refractivity contribution in [3.63, 3.8) is 0 Å². The van der Waals surface area contributed by atoms with E-state index >= 15 is 0 Å². The summed E-state index contributed by atoms with van der Waals surface area (Å²) >= 11 is 6.48. The average Bonchev–Trinajstić information content (AvgIpc) is 2.90. The zero-order valence-corrected chi connectivity index (χ0v) is 12.5. The minimum atomic E-state index is -3.65. The van der Waals surface area contributed by atoms with E-state index in [1.165, 1.54) is 12.1 Å². The lowest BCUT2D eigenvalue weighted by Crippen LogP contribution is -2.25. The van der Waals surface area contributed by atoms with E-state index in [1.807, 2.05) is 0 Å². The highest BCUT2D eigenvalue weighted by atomic mass is 35.5. The molecular formula is C11H11ClF3N3S2. The minimum absolute atomic E-state index is 0.0898. The van der Waals surface area contributed by atoms with Crippen molar-refractivity contribution < 1.29 is 13.2 Å². The highest BCUT2D eigenvalue weighted by Gasteiger charge is 2.40. The largest absolute Gasteiger partial charge is 0.342 e. The van der Waals surface area contributed by atoms with E-state index in [9.17, 15) is 13.2 Å². The normalized spacial score (nSPS) is 16.7. The van der Waals surface area contributed by atoms with Crippen LogP contribution in [0.3, 0.4) is 0 Å². The molecule has 0 aliphatic carbocycles. The van der Waals surface area contributed by atoms with Gasteiger partial charge in [0, 0.05) is 10.6 Å². The minimum Gasteiger partial charge on any atom is -0.299 e. The Morgan fingerprint density at radius 3 is 2.55 bits per heavy atom. The van der Waals surface area contributed by atoms with Gasteiger partial charge in [0.2, 0.25) is 5.63 Å². The molecule has 3 nitrogen and oxygen atoms in total. The summed E-state index contributed by atoms with van der Waals surface area (Å²) in [6, 6.07) is 6.14. The Morgan fingerprint density at radius 1 is 1.30 bits per heavy atom. The van der Waals surface area contributed by atoms with Crippen molar-refractivity contribution in [1.29, 1.82) is 0 Å². The molecule has 0 aromatic heterocycles. The zero-order chi connectivity index (χ0) is 14.6. The predicted octanol–water partition coefficient (Wildman–Crippen LogP) is 3.93. The van der Waals surface area contributed by atoms with Gasteiger partial charge in [-0.2, -0.15) is 8.78 Å². The van der Waals surface area contributed by atoms with Crippen molar-refractivity contribution in [2.75, 3.05) is 17.7 Å². The van der Waals surface area contributed by atoms with Crippen LogP contribution in [0.1, 0.15) is 0 Å². The summed E-state index contributed by atoms with van der Waals surface area (Å²) in [6.07, 6.45) is 0. The summed E-state index contributed by atoms with van der Waals surface area (Å²) in [5, 5.41) is -2.86. The SMILES string of the molecule is FC(Cl)C(F)(F)Sc1ccc(NNC2=NCCS2)cc1. The zero-order valence-electron chi connectivity index (χ0n) is 10.1. The number of alkyl halides is 4. The number of hydrogen-bond acceptors (Lipinski definition) is 5. The van der Waals surface area contributed by atoms with Crippen molar-refractivity contribution in [2.45, 2.75) is 15.8 Å². The molecule has 0 fully saturated rings. The van der Waals surface area contributed by atoms with Gasteiger partial charge in [-0.15, -0.1) is 0 Å². The molecule has 2 rings (SSSR count). The summed E-state index contributed by atoms with van der Waals surface area (Å²) < 4.78 is 38.7. The Hall–Kier alpha value is -0.730.